The van der Waals surface area contributed by atoms with Gasteiger partial charge in [0, 0.05) is 24.0 Å². The first-order chi connectivity index (χ1) is 10.3. The molecule has 21 heavy (non-hydrogen) atoms. The van der Waals surface area contributed by atoms with Gasteiger partial charge in [-0.1, -0.05) is 25.1 Å². The normalized spacial score (nSPS) is 16.5. The highest BCUT2D eigenvalue weighted by Gasteiger charge is 2.24. The zero-order chi connectivity index (χ0) is 14.7. The van der Waals surface area contributed by atoms with E-state index in [-0.39, 0.29) is 0 Å². The lowest BCUT2D eigenvalue weighted by atomic mass is 9.97. The minimum atomic E-state index is 0.465. The Morgan fingerprint density at radius 1 is 1.38 bits per heavy atom. The summed E-state index contributed by atoms with van der Waals surface area (Å²) in [5, 5.41) is 12.7. The summed E-state index contributed by atoms with van der Waals surface area (Å²) in [4.78, 5) is 4.19. The molecule has 1 aromatic carbocycles. The van der Waals surface area contributed by atoms with E-state index in [2.05, 4.69) is 41.5 Å². The van der Waals surface area contributed by atoms with Crippen molar-refractivity contribution < 1.29 is 0 Å². The number of nitrogens with one attached hydrogen (secondary N) is 1. The molecule has 0 spiro atoms. The van der Waals surface area contributed by atoms with Crippen LogP contribution in [0.25, 0.3) is 11.1 Å². The maximum absolute atomic E-state index is 9.04. The summed E-state index contributed by atoms with van der Waals surface area (Å²) in [7, 11) is 0. The zero-order valence-corrected chi connectivity index (χ0v) is 12.3. The molecule has 1 aromatic heterocycles. The highest BCUT2D eigenvalue weighted by molar-refractivity contribution is 5.70. The van der Waals surface area contributed by atoms with Crippen LogP contribution >= 0.6 is 0 Å². The van der Waals surface area contributed by atoms with Crippen LogP contribution in [0.3, 0.4) is 0 Å². The molecule has 1 unspecified atom stereocenters. The van der Waals surface area contributed by atoms with Crippen molar-refractivity contribution in [2.45, 2.75) is 32.2 Å². The Labute approximate surface area is 125 Å². The summed E-state index contributed by atoms with van der Waals surface area (Å²) in [6.45, 7) is 3.25. The van der Waals surface area contributed by atoms with Crippen LogP contribution in [0.4, 0.5) is 0 Å². The van der Waals surface area contributed by atoms with Gasteiger partial charge in [0.15, 0.2) is 0 Å². The summed E-state index contributed by atoms with van der Waals surface area (Å²) in [6.07, 6.45) is 6.85. The smallest absolute Gasteiger partial charge is 0.101 e. The van der Waals surface area contributed by atoms with Gasteiger partial charge in [-0.15, -0.1) is 0 Å². The van der Waals surface area contributed by atoms with Gasteiger partial charge >= 0.3 is 0 Å². The Kier molecular flexibility index (Phi) is 3.98. The Morgan fingerprint density at radius 2 is 2.29 bits per heavy atom. The van der Waals surface area contributed by atoms with Crippen LogP contribution in [0.5, 0.6) is 0 Å². The third-order valence-corrected chi connectivity index (χ3v) is 4.09. The molecule has 1 heterocycles. The summed E-state index contributed by atoms with van der Waals surface area (Å²) in [6, 6.07) is 11.0. The second kappa shape index (κ2) is 6.07. The lowest BCUT2D eigenvalue weighted by Gasteiger charge is -2.14. The lowest BCUT2D eigenvalue weighted by Crippen LogP contribution is -2.19. The second-order valence-corrected chi connectivity index (χ2v) is 5.49. The molecule has 2 aromatic rings. The average Bonchev–Trinajstić information content (AvgIpc) is 2.96. The van der Waals surface area contributed by atoms with Crippen LogP contribution in [0.15, 0.2) is 36.7 Å². The Balaban J connectivity index is 1.98. The van der Waals surface area contributed by atoms with Gasteiger partial charge < -0.3 is 5.32 Å². The van der Waals surface area contributed by atoms with Crippen LogP contribution in [-0.4, -0.2) is 11.5 Å². The molecule has 3 nitrogen and oxygen atoms in total. The third-order valence-electron chi connectivity index (χ3n) is 4.09. The van der Waals surface area contributed by atoms with E-state index < -0.39 is 0 Å². The van der Waals surface area contributed by atoms with Gasteiger partial charge in [-0.05, 0) is 48.6 Å². The van der Waals surface area contributed by atoms with E-state index in [9.17, 15) is 0 Å². The predicted octanol–water partition coefficient (Wildman–Crippen LogP) is 3.61. The van der Waals surface area contributed by atoms with E-state index in [0.717, 1.165) is 31.4 Å². The van der Waals surface area contributed by atoms with Gasteiger partial charge in [0.1, 0.15) is 6.07 Å². The van der Waals surface area contributed by atoms with E-state index in [1.807, 2.05) is 12.3 Å². The molecule has 0 radical (unpaired) electrons. The second-order valence-electron chi connectivity index (χ2n) is 5.49. The molecule has 0 saturated heterocycles. The summed E-state index contributed by atoms with van der Waals surface area (Å²) in [5.41, 5.74) is 5.69. The first kappa shape index (κ1) is 13.8. The molecule has 0 bridgehead atoms. The number of aromatic nitrogens is 1. The molecule has 1 N–H and O–H groups in total. The topological polar surface area (TPSA) is 48.7 Å². The molecule has 0 fully saturated rings. The predicted molar refractivity (Wildman–Crippen MR) is 83.7 cm³/mol. The summed E-state index contributed by atoms with van der Waals surface area (Å²) < 4.78 is 0. The minimum Gasteiger partial charge on any atom is -0.310 e. The largest absolute Gasteiger partial charge is 0.310 e. The first-order valence-electron chi connectivity index (χ1n) is 7.54. The molecular weight excluding hydrogens is 258 g/mol. The van der Waals surface area contributed by atoms with Crippen molar-refractivity contribution >= 4 is 0 Å². The number of rotatable bonds is 4. The average molecular weight is 277 g/mol. The van der Waals surface area contributed by atoms with E-state index in [1.165, 1.54) is 16.7 Å². The van der Waals surface area contributed by atoms with Gasteiger partial charge in [-0.3, -0.25) is 4.98 Å². The molecule has 1 atom stereocenters. The van der Waals surface area contributed by atoms with Crippen LogP contribution in [-0.2, 0) is 6.42 Å². The van der Waals surface area contributed by atoms with Crippen molar-refractivity contribution in [2.75, 3.05) is 6.54 Å². The van der Waals surface area contributed by atoms with Crippen LogP contribution < -0.4 is 5.32 Å². The molecule has 1 aliphatic rings. The molecule has 0 saturated carbocycles. The SMILES string of the molecule is CCCNC1CCc2c(-c3cncc(C#N)c3)cccc21. The standard InChI is InChI=1S/C18H19N3/c1-2-8-21-18-7-6-16-15(4-3-5-17(16)18)14-9-13(10-19)11-20-12-14/h3-5,9,11-12,18,21H,2,6-8H2,1H3. The van der Waals surface area contributed by atoms with Crippen molar-refractivity contribution in [1.29, 1.82) is 5.26 Å². The monoisotopic (exact) mass is 277 g/mol. The summed E-state index contributed by atoms with van der Waals surface area (Å²) >= 11 is 0. The highest BCUT2D eigenvalue weighted by Crippen LogP contribution is 2.37. The Hall–Kier alpha value is -2.18. The first-order valence-corrected chi connectivity index (χ1v) is 7.54. The Bertz CT molecular complexity index is 685. The zero-order valence-electron chi connectivity index (χ0n) is 12.3. The van der Waals surface area contributed by atoms with E-state index in [4.69, 9.17) is 5.26 Å². The molecule has 3 rings (SSSR count). The molecule has 106 valence electrons. The Morgan fingerprint density at radius 3 is 3.10 bits per heavy atom. The fourth-order valence-corrected chi connectivity index (χ4v) is 3.10. The van der Waals surface area contributed by atoms with Crippen molar-refractivity contribution in [2.24, 2.45) is 0 Å². The number of hydrogen-bond acceptors (Lipinski definition) is 3. The quantitative estimate of drug-likeness (QED) is 0.928. The van der Waals surface area contributed by atoms with Crippen molar-refractivity contribution in [3.05, 3.63) is 53.3 Å². The number of nitriles is 1. The number of pyridine rings is 1. The fraction of sp³-hybridized carbons (Fsp3) is 0.333. The van der Waals surface area contributed by atoms with Crippen molar-refractivity contribution in [1.82, 2.24) is 10.3 Å². The third kappa shape index (κ3) is 2.68. The lowest BCUT2D eigenvalue weighted by molar-refractivity contribution is 0.529. The van der Waals surface area contributed by atoms with Crippen molar-refractivity contribution in [3.8, 4) is 17.2 Å². The number of fused-ring (bicyclic) bond motifs is 1. The number of benzene rings is 1. The fourth-order valence-electron chi connectivity index (χ4n) is 3.10. The highest BCUT2D eigenvalue weighted by atomic mass is 14.9. The molecule has 3 heteroatoms. The molecular formula is C18H19N3. The summed E-state index contributed by atoms with van der Waals surface area (Å²) in [5.74, 6) is 0. The van der Waals surface area contributed by atoms with Crippen LogP contribution in [0, 0.1) is 11.3 Å². The number of hydrogen-bond donors (Lipinski definition) is 1. The molecule has 0 aliphatic heterocycles. The molecule has 1 aliphatic carbocycles. The maximum atomic E-state index is 9.04. The minimum absolute atomic E-state index is 0.465. The van der Waals surface area contributed by atoms with E-state index in [1.54, 1.807) is 6.20 Å². The van der Waals surface area contributed by atoms with Gasteiger partial charge in [0.25, 0.3) is 0 Å². The van der Waals surface area contributed by atoms with Crippen molar-refractivity contribution in [3.63, 3.8) is 0 Å². The van der Waals surface area contributed by atoms with Gasteiger partial charge in [0.05, 0.1) is 5.56 Å². The molecule has 0 amide bonds. The van der Waals surface area contributed by atoms with Crippen LogP contribution in [0.1, 0.15) is 42.5 Å². The van der Waals surface area contributed by atoms with Gasteiger partial charge in [-0.2, -0.15) is 5.26 Å². The van der Waals surface area contributed by atoms with Gasteiger partial charge in [-0.25, -0.2) is 0 Å². The van der Waals surface area contributed by atoms with E-state index in [0.29, 0.717) is 11.6 Å². The van der Waals surface area contributed by atoms with Gasteiger partial charge in [0.2, 0.25) is 0 Å². The maximum Gasteiger partial charge on any atom is 0.101 e. The van der Waals surface area contributed by atoms with Crippen LogP contribution in [0.2, 0.25) is 0 Å². The number of nitrogens with zero attached hydrogens (tertiary/aromatic N) is 2. The van der Waals surface area contributed by atoms with E-state index >= 15 is 0 Å².